The van der Waals surface area contributed by atoms with Gasteiger partial charge in [-0.05, 0) is 0 Å². The summed E-state index contributed by atoms with van der Waals surface area (Å²) in [7, 11) is 0. The Kier molecular flexibility index (Phi) is 1.85. The molecule has 0 aromatic rings. The molecule has 0 N–H and O–H groups in total. The average Bonchev–Trinajstić information content (AvgIpc) is 2.18. The molecular weight excluding hydrogens is 118 g/mol. The standard InChI is InChI=1S/C6H9NO2/c1-2-4-7-6(8)3-5-9-7/h2H,1,3-5H2. The van der Waals surface area contributed by atoms with Crippen LogP contribution in [-0.4, -0.2) is 24.1 Å². The van der Waals surface area contributed by atoms with Gasteiger partial charge in [0, 0.05) is 0 Å². The fourth-order valence-electron chi connectivity index (χ4n) is 0.712. The van der Waals surface area contributed by atoms with Crippen LogP contribution < -0.4 is 0 Å². The van der Waals surface area contributed by atoms with Crippen molar-refractivity contribution in [3.63, 3.8) is 0 Å². The molecule has 1 saturated heterocycles. The molecule has 0 radical (unpaired) electrons. The first kappa shape index (κ1) is 6.29. The van der Waals surface area contributed by atoms with E-state index in [1.54, 1.807) is 6.08 Å². The van der Waals surface area contributed by atoms with E-state index in [9.17, 15) is 4.79 Å². The van der Waals surface area contributed by atoms with Crippen LogP contribution in [0.1, 0.15) is 6.42 Å². The Hall–Kier alpha value is -0.830. The van der Waals surface area contributed by atoms with E-state index in [-0.39, 0.29) is 5.91 Å². The third-order valence-corrected chi connectivity index (χ3v) is 1.14. The first-order valence-corrected chi connectivity index (χ1v) is 2.89. The maximum atomic E-state index is 10.7. The minimum Gasteiger partial charge on any atom is -0.272 e. The summed E-state index contributed by atoms with van der Waals surface area (Å²) in [5.41, 5.74) is 0. The number of hydrogen-bond acceptors (Lipinski definition) is 2. The fraction of sp³-hybridized carbons (Fsp3) is 0.500. The van der Waals surface area contributed by atoms with Crippen LogP contribution in [0.2, 0.25) is 0 Å². The average molecular weight is 127 g/mol. The van der Waals surface area contributed by atoms with E-state index < -0.39 is 0 Å². The predicted octanol–water partition coefficient (Wildman–Crippen LogP) is 0.336. The van der Waals surface area contributed by atoms with Crippen LogP contribution in [0.5, 0.6) is 0 Å². The van der Waals surface area contributed by atoms with E-state index >= 15 is 0 Å². The Bertz CT molecular complexity index is 133. The first-order valence-electron chi connectivity index (χ1n) is 2.89. The molecule has 0 bridgehead atoms. The van der Waals surface area contributed by atoms with Crippen molar-refractivity contribution in [2.24, 2.45) is 0 Å². The highest BCUT2D eigenvalue weighted by Gasteiger charge is 2.19. The van der Waals surface area contributed by atoms with Crippen molar-refractivity contribution >= 4 is 5.91 Å². The van der Waals surface area contributed by atoms with Gasteiger partial charge < -0.3 is 0 Å². The molecule has 0 aliphatic carbocycles. The van der Waals surface area contributed by atoms with E-state index in [0.29, 0.717) is 19.6 Å². The molecule has 0 saturated carbocycles. The van der Waals surface area contributed by atoms with Gasteiger partial charge in [-0.3, -0.25) is 9.63 Å². The zero-order chi connectivity index (χ0) is 6.69. The maximum Gasteiger partial charge on any atom is 0.248 e. The van der Waals surface area contributed by atoms with Gasteiger partial charge in [0.15, 0.2) is 0 Å². The lowest BCUT2D eigenvalue weighted by molar-refractivity contribution is -0.158. The topological polar surface area (TPSA) is 29.5 Å². The van der Waals surface area contributed by atoms with E-state index in [1.165, 1.54) is 5.06 Å². The molecule has 1 fully saturated rings. The Morgan fingerprint density at radius 2 is 2.67 bits per heavy atom. The number of carbonyl (C=O) groups excluding carboxylic acids is 1. The highest BCUT2D eigenvalue weighted by atomic mass is 16.7. The molecule has 1 heterocycles. The second kappa shape index (κ2) is 2.64. The summed E-state index contributed by atoms with van der Waals surface area (Å²) in [5.74, 6) is 0.0508. The van der Waals surface area contributed by atoms with Crippen LogP contribution in [0.25, 0.3) is 0 Å². The molecule has 1 aliphatic heterocycles. The summed E-state index contributed by atoms with van der Waals surface area (Å²) in [6.07, 6.45) is 2.15. The van der Waals surface area contributed by atoms with Crippen molar-refractivity contribution in [2.75, 3.05) is 13.2 Å². The Balaban J connectivity index is 2.39. The van der Waals surface area contributed by atoms with Gasteiger partial charge in [-0.2, -0.15) is 0 Å². The summed E-state index contributed by atoms with van der Waals surface area (Å²) < 4.78 is 0. The molecule has 9 heavy (non-hydrogen) atoms. The van der Waals surface area contributed by atoms with E-state index in [4.69, 9.17) is 4.84 Å². The van der Waals surface area contributed by atoms with Crippen molar-refractivity contribution in [3.8, 4) is 0 Å². The molecule has 1 amide bonds. The van der Waals surface area contributed by atoms with Gasteiger partial charge in [-0.1, -0.05) is 6.08 Å². The predicted molar refractivity (Wildman–Crippen MR) is 32.5 cm³/mol. The van der Waals surface area contributed by atoms with Gasteiger partial charge in [0.05, 0.1) is 19.6 Å². The molecule has 1 aliphatic rings. The van der Waals surface area contributed by atoms with Gasteiger partial charge in [0.2, 0.25) is 5.91 Å². The molecule has 0 aromatic heterocycles. The molecule has 3 heteroatoms. The molecule has 1 rings (SSSR count). The van der Waals surface area contributed by atoms with Crippen molar-refractivity contribution in [3.05, 3.63) is 12.7 Å². The van der Waals surface area contributed by atoms with E-state index in [1.807, 2.05) is 0 Å². The summed E-state index contributed by atoms with van der Waals surface area (Å²) in [6.45, 7) is 4.50. The van der Waals surface area contributed by atoms with E-state index in [0.717, 1.165) is 0 Å². The summed E-state index contributed by atoms with van der Waals surface area (Å²) in [6, 6.07) is 0. The number of hydrogen-bond donors (Lipinski definition) is 0. The van der Waals surface area contributed by atoms with Crippen molar-refractivity contribution in [1.82, 2.24) is 5.06 Å². The van der Waals surface area contributed by atoms with Gasteiger partial charge in [0.25, 0.3) is 0 Å². The molecule has 0 aromatic carbocycles. The zero-order valence-corrected chi connectivity index (χ0v) is 5.17. The van der Waals surface area contributed by atoms with Crippen molar-refractivity contribution in [1.29, 1.82) is 0 Å². The highest BCUT2D eigenvalue weighted by Crippen LogP contribution is 2.04. The van der Waals surface area contributed by atoms with Crippen LogP contribution in [0.15, 0.2) is 12.7 Å². The minimum absolute atomic E-state index is 0.0508. The molecule has 0 spiro atoms. The second-order valence-corrected chi connectivity index (χ2v) is 1.83. The number of amides is 1. The molecule has 3 nitrogen and oxygen atoms in total. The summed E-state index contributed by atoms with van der Waals surface area (Å²) >= 11 is 0. The van der Waals surface area contributed by atoms with Crippen LogP contribution >= 0.6 is 0 Å². The Morgan fingerprint density at radius 1 is 1.89 bits per heavy atom. The van der Waals surface area contributed by atoms with Gasteiger partial charge in [0.1, 0.15) is 0 Å². The lowest BCUT2D eigenvalue weighted by atomic mass is 10.4. The van der Waals surface area contributed by atoms with Crippen molar-refractivity contribution in [2.45, 2.75) is 6.42 Å². The lowest BCUT2D eigenvalue weighted by Crippen LogP contribution is -2.22. The smallest absolute Gasteiger partial charge is 0.248 e. The van der Waals surface area contributed by atoms with Crippen LogP contribution in [0, 0.1) is 0 Å². The van der Waals surface area contributed by atoms with Crippen LogP contribution in [0.3, 0.4) is 0 Å². The molecule has 50 valence electrons. The fourth-order valence-corrected chi connectivity index (χ4v) is 0.712. The largest absolute Gasteiger partial charge is 0.272 e. The number of rotatable bonds is 2. The van der Waals surface area contributed by atoms with Gasteiger partial charge in [-0.15, -0.1) is 6.58 Å². The van der Waals surface area contributed by atoms with E-state index in [2.05, 4.69) is 6.58 Å². The summed E-state index contributed by atoms with van der Waals surface area (Å²) in [5, 5.41) is 1.33. The number of hydroxylamine groups is 2. The van der Waals surface area contributed by atoms with Crippen LogP contribution in [-0.2, 0) is 9.63 Å². The Morgan fingerprint density at radius 3 is 3.11 bits per heavy atom. The first-order chi connectivity index (χ1) is 4.34. The molecule has 0 atom stereocenters. The zero-order valence-electron chi connectivity index (χ0n) is 5.17. The lowest BCUT2D eigenvalue weighted by Gasteiger charge is -2.09. The van der Waals surface area contributed by atoms with Crippen LogP contribution in [0.4, 0.5) is 0 Å². The monoisotopic (exact) mass is 127 g/mol. The van der Waals surface area contributed by atoms with Crippen molar-refractivity contribution < 1.29 is 9.63 Å². The normalized spacial score (nSPS) is 18.7. The third kappa shape index (κ3) is 1.29. The maximum absolute atomic E-state index is 10.7. The SMILES string of the molecule is C=CCN1OCCC1=O. The third-order valence-electron chi connectivity index (χ3n) is 1.14. The van der Waals surface area contributed by atoms with Gasteiger partial charge in [-0.25, -0.2) is 5.06 Å². The summed E-state index contributed by atoms with van der Waals surface area (Å²) in [4.78, 5) is 15.6. The molecule has 0 unspecified atom stereocenters. The molecular formula is C6H9NO2. The minimum atomic E-state index is 0.0508. The second-order valence-electron chi connectivity index (χ2n) is 1.83. The quantitative estimate of drug-likeness (QED) is 0.500. The van der Waals surface area contributed by atoms with Gasteiger partial charge >= 0.3 is 0 Å². The number of nitrogens with zero attached hydrogens (tertiary/aromatic N) is 1. The number of carbonyl (C=O) groups is 1. The highest BCUT2D eigenvalue weighted by molar-refractivity contribution is 5.76. The Labute approximate surface area is 53.9 Å².